The number of carboxylic acids is 1. The highest BCUT2D eigenvalue weighted by Gasteiger charge is 2.36. The summed E-state index contributed by atoms with van der Waals surface area (Å²) in [6.07, 6.45) is 0.518. The predicted molar refractivity (Wildman–Crippen MR) is 34.3 cm³/mol. The first-order chi connectivity index (χ1) is 4.63. The third-order valence-corrected chi connectivity index (χ3v) is 1.78. The molecule has 1 aliphatic rings. The molecule has 0 aromatic heterocycles. The van der Waals surface area contributed by atoms with Crippen LogP contribution in [0.4, 0.5) is 0 Å². The van der Waals surface area contributed by atoms with Crippen molar-refractivity contribution in [2.45, 2.75) is 25.0 Å². The van der Waals surface area contributed by atoms with Crippen LogP contribution >= 0.6 is 0 Å². The Morgan fingerprint density at radius 1 is 1.60 bits per heavy atom. The molecule has 1 fully saturated rings. The molecule has 2 atom stereocenters. The molecule has 10 heavy (non-hydrogen) atoms. The van der Waals surface area contributed by atoms with Crippen molar-refractivity contribution in [1.29, 1.82) is 0 Å². The second kappa shape index (κ2) is 2.56. The Bertz CT molecular complexity index is 144. The van der Waals surface area contributed by atoms with Gasteiger partial charge in [0.15, 0.2) is 6.10 Å². The first kappa shape index (κ1) is 7.50. The molecule has 1 rings (SSSR count). The lowest BCUT2D eigenvalue weighted by atomic mass is 10.1. The van der Waals surface area contributed by atoms with Gasteiger partial charge in [0.2, 0.25) is 0 Å². The van der Waals surface area contributed by atoms with E-state index in [0.29, 0.717) is 0 Å². The van der Waals surface area contributed by atoms with Gasteiger partial charge in [0, 0.05) is 6.04 Å². The lowest BCUT2D eigenvalue weighted by Gasteiger charge is -2.12. The second-order valence-corrected chi connectivity index (χ2v) is 2.70. The molecule has 0 aliphatic heterocycles. The van der Waals surface area contributed by atoms with Gasteiger partial charge in [-0.3, -0.25) is 0 Å². The van der Waals surface area contributed by atoms with Crippen LogP contribution in [0.25, 0.3) is 0 Å². The van der Waals surface area contributed by atoms with Crippen LogP contribution in [-0.2, 0) is 4.79 Å². The summed E-state index contributed by atoms with van der Waals surface area (Å²) in [4.78, 5) is 10.1. The number of aliphatic hydroxyl groups is 1. The molecule has 0 spiro atoms. The van der Waals surface area contributed by atoms with E-state index in [0.717, 1.165) is 12.8 Å². The monoisotopic (exact) mass is 145 g/mol. The molecule has 58 valence electrons. The number of aliphatic carboxylic acids is 1. The third-order valence-electron chi connectivity index (χ3n) is 1.78. The summed E-state index contributed by atoms with van der Waals surface area (Å²) in [5, 5.41) is 17.2. The second-order valence-electron chi connectivity index (χ2n) is 2.70. The van der Waals surface area contributed by atoms with E-state index in [2.05, 4.69) is 0 Å². The summed E-state index contributed by atoms with van der Waals surface area (Å²) in [7, 11) is 0. The molecule has 0 aromatic carbocycles. The van der Waals surface area contributed by atoms with Crippen LogP contribution in [-0.4, -0.2) is 28.3 Å². The summed E-state index contributed by atoms with van der Waals surface area (Å²) in [6.45, 7) is 0. The van der Waals surface area contributed by atoms with E-state index in [9.17, 15) is 4.79 Å². The standard InChI is InChI=1S/C6H11NO3/c7-4(3-1-2-3)5(8)6(9)10/h3-5,8H,1-2,7H2,(H,9,10)/t4-,5-/m0/s1. The lowest BCUT2D eigenvalue weighted by molar-refractivity contribution is -0.147. The highest BCUT2D eigenvalue weighted by Crippen LogP contribution is 2.32. The maximum Gasteiger partial charge on any atom is 0.334 e. The Hall–Kier alpha value is -0.610. The van der Waals surface area contributed by atoms with Crippen LogP contribution in [0, 0.1) is 5.92 Å². The molecule has 0 bridgehead atoms. The van der Waals surface area contributed by atoms with Gasteiger partial charge in [0.05, 0.1) is 0 Å². The molecule has 1 aliphatic carbocycles. The molecule has 0 aromatic rings. The quantitative estimate of drug-likeness (QED) is 0.484. The van der Waals surface area contributed by atoms with Crippen molar-refractivity contribution in [2.24, 2.45) is 11.7 Å². The fraction of sp³-hybridized carbons (Fsp3) is 0.833. The van der Waals surface area contributed by atoms with E-state index in [1.165, 1.54) is 0 Å². The van der Waals surface area contributed by atoms with Crippen LogP contribution in [0.1, 0.15) is 12.8 Å². The normalized spacial score (nSPS) is 23.8. The number of hydrogen-bond acceptors (Lipinski definition) is 3. The van der Waals surface area contributed by atoms with Gasteiger partial charge in [-0.2, -0.15) is 0 Å². The van der Waals surface area contributed by atoms with E-state index in [1.807, 2.05) is 0 Å². The highest BCUT2D eigenvalue weighted by atomic mass is 16.4. The maximum atomic E-state index is 10.1. The van der Waals surface area contributed by atoms with Crippen molar-refractivity contribution in [3.05, 3.63) is 0 Å². The topological polar surface area (TPSA) is 83.5 Å². The molecule has 1 saturated carbocycles. The van der Waals surface area contributed by atoms with Gasteiger partial charge in [-0.1, -0.05) is 0 Å². The Kier molecular flexibility index (Phi) is 1.92. The smallest absolute Gasteiger partial charge is 0.334 e. The van der Waals surface area contributed by atoms with Gasteiger partial charge < -0.3 is 15.9 Å². The molecule has 4 nitrogen and oxygen atoms in total. The predicted octanol–water partition coefficient (Wildman–Crippen LogP) is -0.831. The number of rotatable bonds is 3. The van der Waals surface area contributed by atoms with Gasteiger partial charge in [-0.25, -0.2) is 4.79 Å². The van der Waals surface area contributed by atoms with Gasteiger partial charge >= 0.3 is 5.97 Å². The van der Waals surface area contributed by atoms with Crippen molar-refractivity contribution in [3.63, 3.8) is 0 Å². The summed E-state index contributed by atoms with van der Waals surface area (Å²) in [6, 6.07) is -0.572. The largest absolute Gasteiger partial charge is 0.479 e. The first-order valence-corrected chi connectivity index (χ1v) is 3.29. The van der Waals surface area contributed by atoms with Crippen molar-refractivity contribution in [3.8, 4) is 0 Å². The zero-order valence-electron chi connectivity index (χ0n) is 5.53. The van der Waals surface area contributed by atoms with Crippen molar-refractivity contribution < 1.29 is 15.0 Å². The Morgan fingerprint density at radius 3 is 2.40 bits per heavy atom. The maximum absolute atomic E-state index is 10.1. The molecule has 4 N–H and O–H groups in total. The van der Waals surface area contributed by atoms with Crippen LogP contribution in [0.3, 0.4) is 0 Å². The third kappa shape index (κ3) is 1.46. The van der Waals surface area contributed by atoms with E-state index < -0.39 is 18.1 Å². The molecule has 0 unspecified atom stereocenters. The van der Waals surface area contributed by atoms with Crippen LogP contribution < -0.4 is 5.73 Å². The van der Waals surface area contributed by atoms with Crippen LogP contribution in [0.2, 0.25) is 0 Å². The molecule has 4 heteroatoms. The minimum absolute atomic E-state index is 0.228. The minimum Gasteiger partial charge on any atom is -0.479 e. The molecule has 0 radical (unpaired) electrons. The first-order valence-electron chi connectivity index (χ1n) is 3.29. The summed E-state index contributed by atoms with van der Waals surface area (Å²) in [5.41, 5.74) is 5.39. The summed E-state index contributed by atoms with van der Waals surface area (Å²) in [5.74, 6) is -0.995. The minimum atomic E-state index is -1.38. The number of nitrogens with two attached hydrogens (primary N) is 1. The number of hydrogen-bond donors (Lipinski definition) is 3. The number of aliphatic hydroxyl groups excluding tert-OH is 1. The Balaban J connectivity index is 2.38. The fourth-order valence-electron chi connectivity index (χ4n) is 0.904. The van der Waals surface area contributed by atoms with Crippen molar-refractivity contribution in [2.75, 3.05) is 0 Å². The summed E-state index contributed by atoms with van der Waals surface area (Å²) < 4.78 is 0. The zero-order chi connectivity index (χ0) is 7.72. The van der Waals surface area contributed by atoms with E-state index in [-0.39, 0.29) is 5.92 Å². The van der Waals surface area contributed by atoms with Gasteiger partial charge in [-0.15, -0.1) is 0 Å². The van der Waals surface area contributed by atoms with E-state index >= 15 is 0 Å². The fourth-order valence-corrected chi connectivity index (χ4v) is 0.904. The zero-order valence-corrected chi connectivity index (χ0v) is 5.53. The molecule has 0 heterocycles. The molecular weight excluding hydrogens is 134 g/mol. The molecule has 0 amide bonds. The molecular formula is C6H11NO3. The van der Waals surface area contributed by atoms with Gasteiger partial charge in [-0.05, 0) is 18.8 Å². The van der Waals surface area contributed by atoms with Crippen molar-refractivity contribution in [1.82, 2.24) is 0 Å². The Labute approximate surface area is 58.6 Å². The van der Waals surface area contributed by atoms with Crippen LogP contribution in [0.15, 0.2) is 0 Å². The number of carbonyl (C=O) groups is 1. The van der Waals surface area contributed by atoms with E-state index in [4.69, 9.17) is 15.9 Å². The SMILES string of the molecule is N[C@@H](C1CC1)[C@H](O)C(=O)O. The van der Waals surface area contributed by atoms with Gasteiger partial charge in [0.25, 0.3) is 0 Å². The van der Waals surface area contributed by atoms with E-state index in [1.54, 1.807) is 0 Å². The average molecular weight is 145 g/mol. The lowest BCUT2D eigenvalue weighted by Crippen LogP contribution is -2.41. The molecule has 0 saturated heterocycles. The Morgan fingerprint density at radius 2 is 2.10 bits per heavy atom. The highest BCUT2D eigenvalue weighted by molar-refractivity contribution is 5.73. The average Bonchev–Trinajstić information content (AvgIpc) is 2.65. The number of carboxylic acid groups (broad SMARTS) is 1. The summed E-state index contributed by atoms with van der Waals surface area (Å²) >= 11 is 0. The van der Waals surface area contributed by atoms with Crippen LogP contribution in [0.5, 0.6) is 0 Å². The van der Waals surface area contributed by atoms with Gasteiger partial charge in [0.1, 0.15) is 0 Å². The van der Waals surface area contributed by atoms with Crippen molar-refractivity contribution >= 4 is 5.97 Å².